The van der Waals surface area contributed by atoms with Gasteiger partial charge in [0.1, 0.15) is 0 Å². The van der Waals surface area contributed by atoms with Gasteiger partial charge >= 0.3 is 0 Å². The maximum Gasteiger partial charge on any atom is 0.212 e. The fourth-order valence-electron chi connectivity index (χ4n) is 2.09. The second kappa shape index (κ2) is 8.63. The molecule has 0 amide bonds. The molecule has 0 bridgehead atoms. The first-order chi connectivity index (χ1) is 12.5. The van der Waals surface area contributed by atoms with E-state index in [0.29, 0.717) is 42.4 Å². The zero-order chi connectivity index (χ0) is 18.7. The number of benzene rings is 2. The summed E-state index contributed by atoms with van der Waals surface area (Å²) in [5, 5.41) is 15.6. The van der Waals surface area contributed by atoms with Crippen molar-refractivity contribution in [1.29, 1.82) is 0 Å². The molecule has 0 fully saturated rings. The molecule has 0 radical (unpaired) electrons. The Kier molecular flexibility index (Phi) is 6.48. The molecule has 3 rings (SSSR count). The lowest BCUT2D eigenvalue weighted by Gasteiger charge is -2.05. The van der Waals surface area contributed by atoms with Crippen molar-refractivity contribution in [3.05, 3.63) is 73.4 Å². The Morgan fingerprint density at radius 1 is 1.04 bits per heavy atom. The Bertz CT molecular complexity index is 951. The van der Waals surface area contributed by atoms with Gasteiger partial charge in [-0.3, -0.25) is 0 Å². The first-order valence-corrected chi connectivity index (χ1v) is 9.92. The first-order valence-electron chi connectivity index (χ1n) is 7.43. The number of hydrogen-bond acceptors (Lipinski definition) is 4. The topological polar surface area (TPSA) is 43.1 Å². The summed E-state index contributed by atoms with van der Waals surface area (Å²) < 4.78 is 1.63. The standard InChI is InChI=1S/C17H12Cl4N4S/c1-10-23-24-17(26-9-11-5-6-12(18)7-16(11)21)25(10)22-8-13-14(19)3-2-4-15(13)20/h2-8H,9H2,1H3/b22-8+. The zero-order valence-electron chi connectivity index (χ0n) is 13.5. The van der Waals surface area contributed by atoms with Crippen molar-refractivity contribution in [3.63, 3.8) is 0 Å². The fourth-order valence-corrected chi connectivity index (χ4v) is 4.08. The summed E-state index contributed by atoms with van der Waals surface area (Å²) in [5.74, 6) is 1.25. The van der Waals surface area contributed by atoms with Crippen LogP contribution in [0.5, 0.6) is 0 Å². The van der Waals surface area contributed by atoms with Crippen molar-refractivity contribution in [1.82, 2.24) is 14.9 Å². The fraction of sp³-hybridized carbons (Fsp3) is 0.118. The largest absolute Gasteiger partial charge is 0.212 e. The monoisotopic (exact) mass is 444 g/mol. The minimum Gasteiger partial charge on any atom is -0.192 e. The van der Waals surface area contributed by atoms with E-state index in [-0.39, 0.29) is 0 Å². The van der Waals surface area contributed by atoms with Crippen LogP contribution in [0.1, 0.15) is 17.0 Å². The Hall–Kier alpha value is -1.24. The lowest BCUT2D eigenvalue weighted by atomic mass is 10.2. The van der Waals surface area contributed by atoms with Gasteiger partial charge in [0.25, 0.3) is 0 Å². The minimum atomic E-state index is 0.522. The van der Waals surface area contributed by atoms with Gasteiger partial charge in [0, 0.05) is 21.4 Å². The number of thioether (sulfide) groups is 1. The summed E-state index contributed by atoms with van der Waals surface area (Å²) in [7, 11) is 0. The summed E-state index contributed by atoms with van der Waals surface area (Å²) in [6.07, 6.45) is 1.60. The Morgan fingerprint density at radius 3 is 2.46 bits per heavy atom. The van der Waals surface area contributed by atoms with Gasteiger partial charge in [0.15, 0.2) is 5.82 Å². The van der Waals surface area contributed by atoms with Crippen molar-refractivity contribution in [2.75, 3.05) is 0 Å². The van der Waals surface area contributed by atoms with Crippen molar-refractivity contribution >= 4 is 64.4 Å². The molecular weight excluding hydrogens is 434 g/mol. The summed E-state index contributed by atoms with van der Waals surface area (Å²) in [4.78, 5) is 0. The van der Waals surface area contributed by atoms with E-state index in [1.165, 1.54) is 11.8 Å². The molecule has 0 unspecified atom stereocenters. The van der Waals surface area contributed by atoms with Gasteiger partial charge in [-0.15, -0.1) is 10.2 Å². The Balaban J connectivity index is 1.82. The third kappa shape index (κ3) is 4.53. The average molecular weight is 446 g/mol. The van der Waals surface area contributed by atoms with Gasteiger partial charge in [-0.2, -0.15) is 9.78 Å². The number of aryl methyl sites for hydroxylation is 1. The molecule has 3 aromatic rings. The van der Waals surface area contributed by atoms with Gasteiger partial charge in [0.05, 0.1) is 16.3 Å². The molecule has 0 N–H and O–H groups in total. The van der Waals surface area contributed by atoms with E-state index in [2.05, 4.69) is 15.3 Å². The normalized spacial score (nSPS) is 11.4. The lowest BCUT2D eigenvalue weighted by molar-refractivity contribution is 0.744. The van der Waals surface area contributed by atoms with Crippen molar-refractivity contribution in [2.45, 2.75) is 17.8 Å². The van der Waals surface area contributed by atoms with Crippen LogP contribution in [-0.2, 0) is 5.75 Å². The van der Waals surface area contributed by atoms with Crippen LogP contribution in [0.15, 0.2) is 46.7 Å². The van der Waals surface area contributed by atoms with Crippen LogP contribution in [0.4, 0.5) is 0 Å². The average Bonchev–Trinajstić information content (AvgIpc) is 2.94. The Morgan fingerprint density at radius 2 is 1.77 bits per heavy atom. The van der Waals surface area contributed by atoms with Crippen LogP contribution < -0.4 is 0 Å². The van der Waals surface area contributed by atoms with Gasteiger partial charge in [-0.25, -0.2) is 0 Å². The van der Waals surface area contributed by atoms with Crippen molar-refractivity contribution < 1.29 is 0 Å². The number of halogens is 4. The van der Waals surface area contributed by atoms with E-state index in [4.69, 9.17) is 46.4 Å². The molecule has 0 aliphatic rings. The van der Waals surface area contributed by atoms with E-state index < -0.39 is 0 Å². The summed E-state index contributed by atoms with van der Waals surface area (Å²) in [6, 6.07) is 10.7. The maximum absolute atomic E-state index is 6.22. The quantitative estimate of drug-likeness (QED) is 0.338. The SMILES string of the molecule is Cc1nnc(SCc2ccc(Cl)cc2Cl)n1/N=C/c1c(Cl)cccc1Cl. The summed E-state index contributed by atoms with van der Waals surface area (Å²) in [5.41, 5.74) is 1.59. The zero-order valence-corrected chi connectivity index (χ0v) is 17.3. The maximum atomic E-state index is 6.22. The van der Waals surface area contributed by atoms with Gasteiger partial charge in [0.2, 0.25) is 5.16 Å². The molecule has 26 heavy (non-hydrogen) atoms. The molecule has 0 aliphatic carbocycles. The van der Waals surface area contributed by atoms with Crippen LogP contribution in [0, 0.1) is 6.92 Å². The van der Waals surface area contributed by atoms with E-state index in [9.17, 15) is 0 Å². The van der Waals surface area contributed by atoms with Crippen molar-refractivity contribution in [2.24, 2.45) is 5.10 Å². The van der Waals surface area contributed by atoms with Gasteiger partial charge in [-0.05, 0) is 36.8 Å². The van der Waals surface area contributed by atoms with E-state index in [1.807, 2.05) is 13.0 Å². The van der Waals surface area contributed by atoms with E-state index in [0.717, 1.165) is 5.56 Å². The molecule has 0 spiro atoms. The molecule has 134 valence electrons. The van der Waals surface area contributed by atoms with Crippen LogP contribution in [0.3, 0.4) is 0 Å². The molecule has 0 saturated carbocycles. The van der Waals surface area contributed by atoms with Gasteiger partial charge in [-0.1, -0.05) is 70.3 Å². The van der Waals surface area contributed by atoms with Crippen LogP contribution in [0.25, 0.3) is 0 Å². The molecule has 0 atom stereocenters. The molecule has 9 heteroatoms. The molecule has 1 heterocycles. The predicted octanol–water partition coefficient (Wildman–Crippen LogP) is 6.37. The molecule has 4 nitrogen and oxygen atoms in total. The lowest BCUT2D eigenvalue weighted by Crippen LogP contribution is -1.97. The minimum absolute atomic E-state index is 0.522. The second-order valence-electron chi connectivity index (χ2n) is 5.25. The van der Waals surface area contributed by atoms with Crippen LogP contribution >= 0.6 is 58.2 Å². The predicted molar refractivity (Wildman–Crippen MR) is 110 cm³/mol. The number of aromatic nitrogens is 3. The third-order valence-corrected chi connectivity index (χ3v) is 5.66. The number of nitrogens with zero attached hydrogens (tertiary/aromatic N) is 4. The van der Waals surface area contributed by atoms with E-state index >= 15 is 0 Å². The molecule has 0 saturated heterocycles. The third-order valence-electron chi connectivity index (χ3n) is 3.44. The second-order valence-corrected chi connectivity index (χ2v) is 7.85. The van der Waals surface area contributed by atoms with E-state index in [1.54, 1.807) is 41.2 Å². The van der Waals surface area contributed by atoms with Gasteiger partial charge < -0.3 is 0 Å². The Labute approximate surface area is 175 Å². The van der Waals surface area contributed by atoms with Crippen molar-refractivity contribution in [3.8, 4) is 0 Å². The highest BCUT2D eigenvalue weighted by Gasteiger charge is 2.11. The smallest absolute Gasteiger partial charge is 0.192 e. The highest BCUT2D eigenvalue weighted by Crippen LogP contribution is 2.28. The molecule has 1 aromatic heterocycles. The number of rotatable bonds is 5. The van der Waals surface area contributed by atoms with Crippen LogP contribution in [-0.4, -0.2) is 21.1 Å². The molecular formula is C17H12Cl4N4S. The van der Waals surface area contributed by atoms with Crippen LogP contribution in [0.2, 0.25) is 20.1 Å². The highest BCUT2D eigenvalue weighted by molar-refractivity contribution is 7.98. The highest BCUT2D eigenvalue weighted by atomic mass is 35.5. The first kappa shape index (κ1) is 19.5. The molecule has 2 aromatic carbocycles. The summed E-state index contributed by atoms with van der Waals surface area (Å²) >= 11 is 26.0. The molecule has 0 aliphatic heterocycles. The number of hydrogen-bond donors (Lipinski definition) is 0. The summed E-state index contributed by atoms with van der Waals surface area (Å²) in [6.45, 7) is 1.82.